The van der Waals surface area contributed by atoms with Gasteiger partial charge in [-0.3, -0.25) is 0 Å². The third-order valence-electron chi connectivity index (χ3n) is 9.34. The van der Waals surface area contributed by atoms with Gasteiger partial charge in [0.15, 0.2) is 0 Å². The van der Waals surface area contributed by atoms with Crippen LogP contribution >= 0.6 is 11.8 Å². The predicted molar refractivity (Wildman–Crippen MR) is 128 cm³/mol. The molecular formula is C27H44F2O2S. The molecule has 0 aromatic carbocycles. The van der Waals surface area contributed by atoms with Crippen LogP contribution in [0.1, 0.15) is 90.4 Å². The lowest BCUT2D eigenvalue weighted by atomic mass is 9.71. The summed E-state index contributed by atoms with van der Waals surface area (Å²) >= 11 is 1.61. The Morgan fingerprint density at radius 1 is 0.656 bits per heavy atom. The fraction of sp³-hybridized carbons (Fsp3) is 1.00. The topological polar surface area (TPSA) is 18.5 Å². The Kier molecular flexibility index (Phi) is 8.06. The summed E-state index contributed by atoms with van der Waals surface area (Å²) in [6.45, 7) is 3.72. The zero-order chi connectivity index (χ0) is 22.1. The summed E-state index contributed by atoms with van der Waals surface area (Å²) in [5.41, 5.74) is 0. The summed E-state index contributed by atoms with van der Waals surface area (Å²) in [6.07, 6.45) is 12.9. The molecular weight excluding hydrogens is 426 g/mol. The van der Waals surface area contributed by atoms with E-state index in [9.17, 15) is 0 Å². The molecule has 2 nitrogen and oxygen atoms in total. The Labute approximate surface area is 198 Å². The molecule has 0 aromatic rings. The summed E-state index contributed by atoms with van der Waals surface area (Å²) in [6, 6.07) is 0. The van der Waals surface area contributed by atoms with Gasteiger partial charge < -0.3 is 9.47 Å². The highest BCUT2D eigenvalue weighted by atomic mass is 32.2. The van der Waals surface area contributed by atoms with E-state index >= 15 is 8.78 Å². The monoisotopic (exact) mass is 470 g/mol. The molecule has 0 radical (unpaired) electrons. The highest BCUT2D eigenvalue weighted by Crippen LogP contribution is 2.56. The number of alkyl halides is 2. The lowest BCUT2D eigenvalue weighted by molar-refractivity contribution is -0.0646. The van der Waals surface area contributed by atoms with Crippen LogP contribution in [0.15, 0.2) is 0 Å². The minimum atomic E-state index is -0.941. The van der Waals surface area contributed by atoms with E-state index in [1.807, 2.05) is 0 Å². The first kappa shape index (κ1) is 23.9. The van der Waals surface area contributed by atoms with Crippen molar-refractivity contribution in [2.24, 2.45) is 29.6 Å². The van der Waals surface area contributed by atoms with Gasteiger partial charge in [0.05, 0.1) is 12.2 Å². The lowest BCUT2D eigenvalue weighted by Crippen LogP contribution is -2.45. The molecule has 0 amide bonds. The lowest BCUT2D eigenvalue weighted by Gasteiger charge is -2.39. The van der Waals surface area contributed by atoms with Gasteiger partial charge in [-0.25, -0.2) is 8.78 Å². The zero-order valence-electron chi connectivity index (χ0n) is 19.9. The van der Waals surface area contributed by atoms with Crippen molar-refractivity contribution in [3.8, 4) is 0 Å². The largest absolute Gasteiger partial charge is 0.375 e. The molecule has 5 aliphatic rings. The molecule has 0 bridgehead atoms. The number of ether oxygens (including phenoxy) is 2. The van der Waals surface area contributed by atoms with Gasteiger partial charge in [-0.2, -0.15) is 0 Å². The summed E-state index contributed by atoms with van der Waals surface area (Å²) < 4.78 is 43.1. The number of hydrogen-bond acceptors (Lipinski definition) is 3. The van der Waals surface area contributed by atoms with E-state index in [0.29, 0.717) is 23.7 Å². The second-order valence-electron chi connectivity index (χ2n) is 11.7. The maximum absolute atomic E-state index is 15.6. The molecule has 0 aromatic heterocycles. The summed E-state index contributed by atoms with van der Waals surface area (Å²) in [4.78, 5) is 0. The molecule has 8 atom stereocenters. The van der Waals surface area contributed by atoms with Gasteiger partial charge in [0, 0.05) is 23.7 Å². The van der Waals surface area contributed by atoms with Crippen LogP contribution in [0.2, 0.25) is 0 Å². The first-order chi connectivity index (χ1) is 15.6. The van der Waals surface area contributed by atoms with E-state index in [1.165, 1.54) is 57.8 Å². The molecule has 0 N–H and O–H groups in total. The molecule has 5 rings (SSSR count). The Hall–Kier alpha value is 0.130. The van der Waals surface area contributed by atoms with Gasteiger partial charge in [0.2, 0.25) is 0 Å². The first-order valence-electron chi connectivity index (χ1n) is 13.8. The number of fused-ring (bicyclic) bond motifs is 3. The van der Waals surface area contributed by atoms with Crippen molar-refractivity contribution < 1.29 is 18.3 Å². The van der Waals surface area contributed by atoms with Crippen LogP contribution in [0, 0.1) is 29.6 Å². The third kappa shape index (κ3) is 5.35. The fourth-order valence-electron chi connectivity index (χ4n) is 7.04. The molecule has 1 aliphatic heterocycles. The molecule has 5 heteroatoms. The van der Waals surface area contributed by atoms with Crippen molar-refractivity contribution in [3.05, 3.63) is 0 Å². The van der Waals surface area contributed by atoms with Gasteiger partial charge in [-0.05, 0) is 81.0 Å². The van der Waals surface area contributed by atoms with Gasteiger partial charge in [0.25, 0.3) is 0 Å². The Balaban J connectivity index is 1.08. The maximum atomic E-state index is 15.6. The predicted octanol–water partition coefficient (Wildman–Crippen LogP) is 7.14. The van der Waals surface area contributed by atoms with Crippen molar-refractivity contribution >= 4 is 11.8 Å². The standard InChI is InChI=1S/C27H44F2O2S/c1-2-3-4-17-5-7-18(8-6-17)15-30-22-13-11-20-21-12-14-23(31-16-19-9-10-19)25(29)27(21)32-26(20)24(22)28/h17-27H,2-16H2,1H3. The Morgan fingerprint density at radius 2 is 1.12 bits per heavy atom. The zero-order valence-corrected chi connectivity index (χ0v) is 20.8. The van der Waals surface area contributed by atoms with Crippen molar-refractivity contribution in [1.82, 2.24) is 0 Å². The van der Waals surface area contributed by atoms with Crippen molar-refractivity contribution in [1.29, 1.82) is 0 Å². The van der Waals surface area contributed by atoms with E-state index in [2.05, 4.69) is 6.92 Å². The van der Waals surface area contributed by atoms with Gasteiger partial charge in [0.1, 0.15) is 12.3 Å². The van der Waals surface area contributed by atoms with Crippen LogP contribution in [0.4, 0.5) is 8.78 Å². The van der Waals surface area contributed by atoms with Gasteiger partial charge in [-0.1, -0.05) is 39.0 Å². The smallest absolute Gasteiger partial charge is 0.138 e. The molecule has 4 saturated carbocycles. The Bertz CT molecular complexity index is 594. The van der Waals surface area contributed by atoms with E-state index in [1.54, 1.807) is 11.8 Å². The average molecular weight is 471 g/mol. The number of hydrogen-bond donors (Lipinski definition) is 0. The minimum Gasteiger partial charge on any atom is -0.375 e. The summed E-state index contributed by atoms with van der Waals surface area (Å²) in [5, 5.41) is -0.146. The number of halogens is 2. The molecule has 0 spiro atoms. The molecule has 8 unspecified atom stereocenters. The summed E-state index contributed by atoms with van der Waals surface area (Å²) in [7, 11) is 0. The Morgan fingerprint density at radius 3 is 1.59 bits per heavy atom. The maximum Gasteiger partial charge on any atom is 0.138 e. The van der Waals surface area contributed by atoms with Crippen molar-refractivity contribution in [3.63, 3.8) is 0 Å². The van der Waals surface area contributed by atoms with Gasteiger partial charge in [-0.15, -0.1) is 11.8 Å². The van der Waals surface area contributed by atoms with E-state index in [-0.39, 0.29) is 22.7 Å². The number of thioether (sulfide) groups is 1. The van der Waals surface area contributed by atoms with E-state index < -0.39 is 12.3 Å². The average Bonchev–Trinajstić information content (AvgIpc) is 3.56. The molecule has 1 saturated heterocycles. The normalized spacial score (nSPS) is 46.6. The van der Waals surface area contributed by atoms with E-state index in [0.717, 1.165) is 44.8 Å². The number of unbranched alkanes of at least 4 members (excludes halogenated alkanes) is 1. The second kappa shape index (κ2) is 10.8. The quantitative estimate of drug-likeness (QED) is 0.357. The molecule has 4 aliphatic carbocycles. The molecule has 1 heterocycles. The van der Waals surface area contributed by atoms with Crippen molar-refractivity contribution in [2.75, 3.05) is 13.2 Å². The second-order valence-corrected chi connectivity index (χ2v) is 13.0. The fourth-order valence-corrected chi connectivity index (χ4v) is 9.13. The SMILES string of the molecule is CCCCC1CCC(COC2CCC3C4CCC(OCC5CC5)C(F)C4SC3C2F)CC1. The van der Waals surface area contributed by atoms with Crippen LogP contribution in [-0.2, 0) is 9.47 Å². The highest BCUT2D eigenvalue weighted by Gasteiger charge is 2.56. The number of rotatable bonds is 9. The summed E-state index contributed by atoms with van der Waals surface area (Å²) in [5.74, 6) is 2.84. The molecule has 32 heavy (non-hydrogen) atoms. The van der Waals surface area contributed by atoms with Crippen LogP contribution in [0.5, 0.6) is 0 Å². The molecule has 184 valence electrons. The van der Waals surface area contributed by atoms with Crippen molar-refractivity contribution in [2.45, 2.75) is 125 Å². The van der Waals surface area contributed by atoms with Gasteiger partial charge >= 0.3 is 0 Å². The molecule has 5 fully saturated rings. The van der Waals surface area contributed by atoms with Crippen LogP contribution in [-0.4, -0.2) is 48.3 Å². The minimum absolute atomic E-state index is 0.0710. The van der Waals surface area contributed by atoms with E-state index in [4.69, 9.17) is 9.47 Å². The van der Waals surface area contributed by atoms with Crippen LogP contribution < -0.4 is 0 Å². The third-order valence-corrected chi connectivity index (χ3v) is 11.2. The van der Waals surface area contributed by atoms with Crippen LogP contribution in [0.3, 0.4) is 0 Å². The highest BCUT2D eigenvalue weighted by molar-refractivity contribution is 8.00. The van der Waals surface area contributed by atoms with Crippen LogP contribution in [0.25, 0.3) is 0 Å². The first-order valence-corrected chi connectivity index (χ1v) is 14.7.